The molecule has 1 aliphatic heterocycles. The quantitative estimate of drug-likeness (QED) is 0.716. The van der Waals surface area contributed by atoms with Crippen molar-refractivity contribution in [3.8, 4) is 0 Å². The molecule has 1 N–H and O–H groups in total. The molecule has 1 fully saturated rings. The highest BCUT2D eigenvalue weighted by Crippen LogP contribution is 2.33. The third-order valence-corrected chi connectivity index (χ3v) is 5.77. The molecule has 0 radical (unpaired) electrons. The fourth-order valence-electron chi connectivity index (χ4n) is 4.06. The lowest BCUT2D eigenvalue weighted by molar-refractivity contribution is -0.125. The number of fused-ring (bicyclic) bond motifs is 1. The third kappa shape index (κ3) is 4.11. The van der Waals surface area contributed by atoms with Gasteiger partial charge in [-0.1, -0.05) is 30.3 Å². The molecule has 6 heteroatoms. The average Bonchev–Trinajstić information content (AvgIpc) is 3.01. The first-order chi connectivity index (χ1) is 14.0. The molecule has 1 aliphatic rings. The van der Waals surface area contributed by atoms with Crippen LogP contribution < -0.4 is 10.2 Å². The first-order valence-electron chi connectivity index (χ1n) is 10.3. The van der Waals surface area contributed by atoms with Crippen LogP contribution in [0.15, 0.2) is 34.7 Å². The van der Waals surface area contributed by atoms with Gasteiger partial charge >= 0.3 is 0 Å². The van der Waals surface area contributed by atoms with Gasteiger partial charge in [-0.3, -0.25) is 4.79 Å². The molecule has 0 spiro atoms. The van der Waals surface area contributed by atoms with E-state index in [-0.39, 0.29) is 11.8 Å². The maximum atomic E-state index is 12.8. The number of rotatable bonds is 5. The van der Waals surface area contributed by atoms with Crippen LogP contribution in [0.4, 0.5) is 5.82 Å². The van der Waals surface area contributed by atoms with E-state index in [2.05, 4.69) is 27.3 Å². The molecule has 2 aromatic heterocycles. The Balaban J connectivity index is 1.46. The number of piperidine rings is 1. The minimum atomic E-state index is -0.0295. The van der Waals surface area contributed by atoms with Gasteiger partial charge in [-0.15, -0.1) is 0 Å². The first kappa shape index (κ1) is 19.4. The van der Waals surface area contributed by atoms with E-state index < -0.39 is 0 Å². The minimum Gasteiger partial charge on any atom is -0.443 e. The SMILES string of the molecule is Cc1nc(N2CCC[C@H](C(=O)NCCc3ccccc3)C2)c2c(C)c(C)oc2n1. The van der Waals surface area contributed by atoms with Gasteiger partial charge in [-0.2, -0.15) is 4.98 Å². The number of furan rings is 1. The number of anilines is 1. The summed E-state index contributed by atoms with van der Waals surface area (Å²) in [7, 11) is 0. The minimum absolute atomic E-state index is 0.0295. The van der Waals surface area contributed by atoms with Crippen molar-refractivity contribution in [1.29, 1.82) is 0 Å². The first-order valence-corrected chi connectivity index (χ1v) is 10.3. The Kier molecular flexibility index (Phi) is 5.51. The summed E-state index contributed by atoms with van der Waals surface area (Å²) >= 11 is 0. The van der Waals surface area contributed by atoms with Gasteiger partial charge in [0.25, 0.3) is 0 Å². The number of aromatic nitrogens is 2. The largest absolute Gasteiger partial charge is 0.443 e. The summed E-state index contributed by atoms with van der Waals surface area (Å²) in [5.41, 5.74) is 2.95. The molecule has 29 heavy (non-hydrogen) atoms. The summed E-state index contributed by atoms with van der Waals surface area (Å²) in [4.78, 5) is 24.2. The second kappa shape index (κ2) is 8.23. The lowest BCUT2D eigenvalue weighted by Crippen LogP contribution is -2.44. The van der Waals surface area contributed by atoms with E-state index in [0.717, 1.165) is 48.3 Å². The molecule has 3 heterocycles. The second-order valence-corrected chi connectivity index (χ2v) is 7.87. The zero-order valence-corrected chi connectivity index (χ0v) is 17.4. The number of amides is 1. The van der Waals surface area contributed by atoms with E-state index in [0.29, 0.717) is 24.6 Å². The van der Waals surface area contributed by atoms with Crippen LogP contribution in [0.3, 0.4) is 0 Å². The standard InChI is InChI=1S/C23H28N4O2/c1-15-16(2)29-23-20(15)21(25-17(3)26-23)27-13-7-10-19(14-27)22(28)24-12-11-18-8-5-4-6-9-18/h4-6,8-9,19H,7,10-14H2,1-3H3,(H,24,28)/t19-/m0/s1. The third-order valence-electron chi connectivity index (χ3n) is 5.77. The maximum absolute atomic E-state index is 12.8. The van der Waals surface area contributed by atoms with Gasteiger partial charge in [0.15, 0.2) is 0 Å². The van der Waals surface area contributed by atoms with Crippen molar-refractivity contribution in [1.82, 2.24) is 15.3 Å². The van der Waals surface area contributed by atoms with Gasteiger partial charge < -0.3 is 14.6 Å². The summed E-state index contributed by atoms with van der Waals surface area (Å²) < 4.78 is 5.82. The monoisotopic (exact) mass is 392 g/mol. The molecule has 0 bridgehead atoms. The predicted octanol–water partition coefficient (Wildman–Crippen LogP) is 3.72. The van der Waals surface area contributed by atoms with E-state index in [1.807, 2.05) is 39.0 Å². The van der Waals surface area contributed by atoms with Crippen LogP contribution in [0.2, 0.25) is 0 Å². The molecular weight excluding hydrogens is 364 g/mol. The molecule has 1 amide bonds. The van der Waals surface area contributed by atoms with Crippen LogP contribution in [-0.4, -0.2) is 35.5 Å². The van der Waals surface area contributed by atoms with Gasteiger partial charge in [0, 0.05) is 25.2 Å². The molecular formula is C23H28N4O2. The Morgan fingerprint density at radius 2 is 2.00 bits per heavy atom. The molecule has 4 rings (SSSR count). The van der Waals surface area contributed by atoms with E-state index in [1.165, 1.54) is 5.56 Å². The summed E-state index contributed by atoms with van der Waals surface area (Å²) in [6.45, 7) is 8.11. The molecule has 152 valence electrons. The number of benzene rings is 1. The van der Waals surface area contributed by atoms with Crippen LogP contribution in [0.25, 0.3) is 11.1 Å². The van der Waals surface area contributed by atoms with Gasteiger partial charge in [0.05, 0.1) is 11.3 Å². The molecule has 0 unspecified atom stereocenters. The van der Waals surface area contributed by atoms with Crippen molar-refractivity contribution in [3.63, 3.8) is 0 Å². The van der Waals surface area contributed by atoms with Crippen LogP contribution in [0.5, 0.6) is 0 Å². The van der Waals surface area contributed by atoms with Gasteiger partial charge in [-0.25, -0.2) is 4.98 Å². The second-order valence-electron chi connectivity index (χ2n) is 7.87. The van der Waals surface area contributed by atoms with Crippen LogP contribution in [0.1, 0.15) is 35.6 Å². The zero-order valence-electron chi connectivity index (χ0n) is 17.4. The van der Waals surface area contributed by atoms with Gasteiger partial charge in [0.2, 0.25) is 11.6 Å². The van der Waals surface area contributed by atoms with Crippen molar-refractivity contribution in [2.24, 2.45) is 5.92 Å². The van der Waals surface area contributed by atoms with Crippen LogP contribution in [-0.2, 0) is 11.2 Å². The number of nitrogens with one attached hydrogen (secondary N) is 1. The Bertz CT molecular complexity index is 1010. The highest BCUT2D eigenvalue weighted by Gasteiger charge is 2.28. The maximum Gasteiger partial charge on any atom is 0.231 e. The lowest BCUT2D eigenvalue weighted by atomic mass is 9.96. The lowest BCUT2D eigenvalue weighted by Gasteiger charge is -2.33. The smallest absolute Gasteiger partial charge is 0.231 e. The summed E-state index contributed by atoms with van der Waals surface area (Å²) in [5.74, 6) is 2.55. The molecule has 3 aromatic rings. The highest BCUT2D eigenvalue weighted by atomic mass is 16.3. The number of carbonyl (C=O) groups excluding carboxylic acids is 1. The number of carbonyl (C=O) groups is 1. The number of nitrogens with zero attached hydrogens (tertiary/aromatic N) is 3. The van der Waals surface area contributed by atoms with Crippen molar-refractivity contribution < 1.29 is 9.21 Å². The van der Waals surface area contributed by atoms with Crippen molar-refractivity contribution in [3.05, 3.63) is 53.0 Å². The predicted molar refractivity (Wildman–Crippen MR) is 114 cm³/mol. The summed E-state index contributed by atoms with van der Waals surface area (Å²) in [5, 5.41) is 4.09. The van der Waals surface area contributed by atoms with E-state index in [1.54, 1.807) is 0 Å². The summed E-state index contributed by atoms with van der Waals surface area (Å²) in [6.07, 6.45) is 2.73. The van der Waals surface area contributed by atoms with Gasteiger partial charge in [0.1, 0.15) is 17.4 Å². The average molecular weight is 393 g/mol. The van der Waals surface area contributed by atoms with Crippen LogP contribution in [0, 0.1) is 26.7 Å². The number of hydrogen-bond donors (Lipinski definition) is 1. The molecule has 1 atom stereocenters. The number of aryl methyl sites for hydroxylation is 3. The van der Waals surface area contributed by atoms with E-state index >= 15 is 0 Å². The van der Waals surface area contributed by atoms with Crippen LogP contribution >= 0.6 is 0 Å². The normalized spacial score (nSPS) is 16.9. The van der Waals surface area contributed by atoms with E-state index in [4.69, 9.17) is 9.40 Å². The Labute approximate surface area is 171 Å². The molecule has 1 saturated heterocycles. The topological polar surface area (TPSA) is 71.3 Å². The van der Waals surface area contributed by atoms with E-state index in [9.17, 15) is 4.79 Å². The van der Waals surface area contributed by atoms with Crippen molar-refractivity contribution in [2.45, 2.75) is 40.0 Å². The Morgan fingerprint density at radius 1 is 1.21 bits per heavy atom. The molecule has 6 nitrogen and oxygen atoms in total. The zero-order chi connectivity index (χ0) is 20.4. The highest BCUT2D eigenvalue weighted by molar-refractivity contribution is 5.90. The van der Waals surface area contributed by atoms with Crippen molar-refractivity contribution in [2.75, 3.05) is 24.5 Å². The Morgan fingerprint density at radius 3 is 2.79 bits per heavy atom. The van der Waals surface area contributed by atoms with Gasteiger partial charge in [-0.05, 0) is 45.6 Å². The summed E-state index contributed by atoms with van der Waals surface area (Å²) in [6, 6.07) is 10.2. The number of hydrogen-bond acceptors (Lipinski definition) is 5. The van der Waals surface area contributed by atoms with Crippen molar-refractivity contribution >= 4 is 22.8 Å². The fraction of sp³-hybridized carbons (Fsp3) is 0.435. The molecule has 1 aromatic carbocycles. The molecule has 0 aliphatic carbocycles. The fourth-order valence-corrected chi connectivity index (χ4v) is 4.06. The Hall–Kier alpha value is -2.89. The molecule has 0 saturated carbocycles.